The Balaban J connectivity index is 1.32. The Morgan fingerprint density at radius 2 is 1.32 bits per heavy atom. The molecule has 2 atom stereocenters. The van der Waals surface area contributed by atoms with Gasteiger partial charge < -0.3 is 9.80 Å². The summed E-state index contributed by atoms with van der Waals surface area (Å²) in [5, 5.41) is 7.87. The molecular weight excluding hydrogens is 578 g/mol. The highest BCUT2D eigenvalue weighted by Gasteiger charge is 2.54. The first kappa shape index (κ1) is 26.2. The molecule has 7 heteroatoms. The molecule has 0 fully saturated rings. The molecule has 7 nitrogen and oxygen atoms in total. The number of anilines is 2. The maximum Gasteiger partial charge on any atom is 0.154 e. The summed E-state index contributed by atoms with van der Waals surface area (Å²) in [5.41, 5.74) is 12.6. The van der Waals surface area contributed by atoms with Crippen molar-refractivity contribution in [1.82, 2.24) is 25.1 Å². The number of nitrogens with zero attached hydrogens (tertiary/aromatic N) is 6. The molecule has 7 aromatic rings. The number of aromatic nitrogens is 5. The first-order valence-electron chi connectivity index (χ1n) is 15.9. The molecule has 5 heterocycles. The van der Waals surface area contributed by atoms with E-state index in [1.54, 1.807) is 0 Å². The van der Waals surface area contributed by atoms with Crippen LogP contribution in [0.3, 0.4) is 0 Å². The van der Waals surface area contributed by atoms with Crippen LogP contribution in [0, 0.1) is 0 Å². The van der Waals surface area contributed by atoms with Crippen molar-refractivity contribution in [2.24, 2.45) is 0 Å². The highest BCUT2D eigenvalue weighted by Crippen LogP contribution is 2.59. The first-order valence-corrected chi connectivity index (χ1v) is 15.9. The number of hydrogen-bond donors (Lipinski definition) is 1. The second-order valence-corrected chi connectivity index (χ2v) is 12.6. The van der Waals surface area contributed by atoms with Crippen LogP contribution in [0.4, 0.5) is 11.5 Å². The maximum absolute atomic E-state index is 5.01. The third-order valence-corrected chi connectivity index (χ3v) is 10.5. The summed E-state index contributed by atoms with van der Waals surface area (Å²) >= 11 is 0. The van der Waals surface area contributed by atoms with Crippen LogP contribution in [0.2, 0.25) is 0 Å². The van der Waals surface area contributed by atoms with Crippen LogP contribution in [0.15, 0.2) is 140 Å². The molecule has 4 aromatic heterocycles. The van der Waals surface area contributed by atoms with Gasteiger partial charge in [-0.05, 0) is 80.4 Å². The molecule has 0 saturated carbocycles. The zero-order chi connectivity index (χ0) is 31.2. The van der Waals surface area contributed by atoms with Gasteiger partial charge in [0.2, 0.25) is 0 Å². The standard InChI is InChI=1S/C40H29N7/c1-46-25-47(38-36(46)14-7-18-43-38)40(33-13-5-3-11-29(33)31-16-20-42-24-35(31)40)27-9-6-8-26(22-27)39(37-17-21-44-45-37)32-12-4-2-10-28(32)30-15-19-41-23-34(30)39/h2-24H,25H2,1H3,(H,44,45). The Morgan fingerprint density at radius 1 is 0.617 bits per heavy atom. The molecule has 0 amide bonds. The summed E-state index contributed by atoms with van der Waals surface area (Å²) in [4.78, 5) is 19.2. The summed E-state index contributed by atoms with van der Waals surface area (Å²) in [7, 11) is 2.14. The largest absolute Gasteiger partial charge is 0.354 e. The summed E-state index contributed by atoms with van der Waals surface area (Å²) in [6.45, 7) is 0.667. The average Bonchev–Trinajstić information content (AvgIpc) is 3.91. The Labute approximate surface area is 272 Å². The SMILES string of the molecule is CN1CN(C2(c3cccc(C4(c5ccn[nH]5)c5ccccc5-c5ccncc54)c3)c3ccccc3-c3ccncc32)c2ncccc21. The van der Waals surface area contributed by atoms with Crippen molar-refractivity contribution in [2.75, 3.05) is 23.5 Å². The van der Waals surface area contributed by atoms with Gasteiger partial charge in [-0.15, -0.1) is 0 Å². The Kier molecular flexibility index (Phi) is 5.27. The molecule has 3 aliphatic rings. The molecule has 0 spiro atoms. The van der Waals surface area contributed by atoms with Gasteiger partial charge in [-0.1, -0.05) is 72.8 Å². The van der Waals surface area contributed by atoms with Gasteiger partial charge in [-0.25, -0.2) is 4.98 Å². The van der Waals surface area contributed by atoms with Gasteiger partial charge in [0.05, 0.1) is 23.5 Å². The monoisotopic (exact) mass is 607 g/mol. The lowest BCUT2D eigenvalue weighted by Gasteiger charge is -2.43. The minimum Gasteiger partial charge on any atom is -0.354 e. The van der Waals surface area contributed by atoms with Crippen LogP contribution in [0.1, 0.15) is 39.1 Å². The smallest absolute Gasteiger partial charge is 0.154 e. The molecule has 1 aliphatic heterocycles. The van der Waals surface area contributed by atoms with E-state index in [0.717, 1.165) is 39.5 Å². The van der Waals surface area contributed by atoms with Crippen LogP contribution in [0.25, 0.3) is 22.3 Å². The van der Waals surface area contributed by atoms with Crippen molar-refractivity contribution in [3.8, 4) is 22.3 Å². The summed E-state index contributed by atoms with van der Waals surface area (Å²) in [6.07, 6.45) is 11.6. The molecule has 47 heavy (non-hydrogen) atoms. The molecular formula is C40H29N7. The summed E-state index contributed by atoms with van der Waals surface area (Å²) in [5.74, 6) is 0.955. The Hall–Kier alpha value is -6.08. The Bertz CT molecular complexity index is 2250. The van der Waals surface area contributed by atoms with E-state index >= 15 is 0 Å². The van der Waals surface area contributed by atoms with Gasteiger partial charge in [0.1, 0.15) is 5.54 Å². The first-order chi connectivity index (χ1) is 23.2. The Morgan fingerprint density at radius 3 is 2.13 bits per heavy atom. The molecule has 10 rings (SSSR count). The van der Waals surface area contributed by atoms with E-state index in [1.165, 1.54) is 33.4 Å². The maximum atomic E-state index is 5.01. The van der Waals surface area contributed by atoms with Crippen LogP contribution >= 0.6 is 0 Å². The lowest BCUT2D eigenvalue weighted by Crippen LogP contribution is -2.48. The topological polar surface area (TPSA) is 73.8 Å². The van der Waals surface area contributed by atoms with E-state index in [1.807, 2.05) is 37.1 Å². The molecule has 3 aromatic carbocycles. The fraction of sp³-hybridized carbons (Fsp3) is 0.100. The van der Waals surface area contributed by atoms with Crippen molar-refractivity contribution in [3.05, 3.63) is 179 Å². The average molecular weight is 608 g/mol. The molecule has 2 unspecified atom stereocenters. The number of benzene rings is 3. The molecule has 0 saturated heterocycles. The van der Waals surface area contributed by atoms with Gasteiger partial charge in [-0.3, -0.25) is 15.1 Å². The van der Waals surface area contributed by atoms with Crippen LogP contribution in [-0.4, -0.2) is 38.9 Å². The van der Waals surface area contributed by atoms with Crippen molar-refractivity contribution in [1.29, 1.82) is 0 Å². The fourth-order valence-electron chi connectivity index (χ4n) is 8.69. The van der Waals surface area contributed by atoms with Gasteiger partial charge in [0.15, 0.2) is 5.82 Å². The highest BCUT2D eigenvalue weighted by molar-refractivity contribution is 5.89. The molecule has 0 bridgehead atoms. The third kappa shape index (κ3) is 3.20. The van der Waals surface area contributed by atoms with Crippen LogP contribution in [-0.2, 0) is 11.0 Å². The number of nitrogens with one attached hydrogen (secondary N) is 1. The predicted molar refractivity (Wildman–Crippen MR) is 183 cm³/mol. The van der Waals surface area contributed by atoms with Crippen molar-refractivity contribution in [2.45, 2.75) is 11.0 Å². The van der Waals surface area contributed by atoms with E-state index in [2.05, 4.69) is 135 Å². The van der Waals surface area contributed by atoms with Crippen LogP contribution in [0.5, 0.6) is 0 Å². The second kappa shape index (κ2) is 9.47. The molecule has 1 N–H and O–H groups in total. The number of rotatable bonds is 4. The van der Waals surface area contributed by atoms with Crippen LogP contribution < -0.4 is 9.80 Å². The van der Waals surface area contributed by atoms with Gasteiger partial charge >= 0.3 is 0 Å². The highest BCUT2D eigenvalue weighted by atomic mass is 15.4. The second-order valence-electron chi connectivity index (χ2n) is 12.6. The van der Waals surface area contributed by atoms with E-state index < -0.39 is 11.0 Å². The lowest BCUT2D eigenvalue weighted by molar-refractivity contribution is 0.576. The van der Waals surface area contributed by atoms with E-state index in [9.17, 15) is 0 Å². The predicted octanol–water partition coefficient (Wildman–Crippen LogP) is 7.14. The number of pyridine rings is 3. The minimum atomic E-state index is -0.699. The molecule has 2 aliphatic carbocycles. The zero-order valence-electron chi connectivity index (χ0n) is 25.7. The number of hydrogen-bond acceptors (Lipinski definition) is 6. The van der Waals surface area contributed by atoms with E-state index in [0.29, 0.717) is 6.67 Å². The number of H-pyrrole nitrogens is 1. The quantitative estimate of drug-likeness (QED) is 0.229. The normalized spacial score (nSPS) is 20.0. The number of aromatic amines is 1. The van der Waals surface area contributed by atoms with Gasteiger partial charge in [-0.2, -0.15) is 5.10 Å². The lowest BCUT2D eigenvalue weighted by atomic mass is 9.69. The zero-order valence-corrected chi connectivity index (χ0v) is 25.7. The van der Waals surface area contributed by atoms with Crippen molar-refractivity contribution < 1.29 is 0 Å². The molecule has 224 valence electrons. The summed E-state index contributed by atoms with van der Waals surface area (Å²) in [6, 6.07) is 37.2. The van der Waals surface area contributed by atoms with Crippen molar-refractivity contribution >= 4 is 11.5 Å². The minimum absolute atomic E-state index is 0.651. The number of fused-ring (bicyclic) bond motifs is 7. The van der Waals surface area contributed by atoms with E-state index in [-0.39, 0.29) is 0 Å². The molecule has 0 radical (unpaired) electrons. The third-order valence-electron chi connectivity index (χ3n) is 10.5. The van der Waals surface area contributed by atoms with E-state index in [4.69, 9.17) is 9.97 Å². The van der Waals surface area contributed by atoms with Gasteiger partial charge in [0, 0.05) is 49.8 Å². The van der Waals surface area contributed by atoms with Crippen molar-refractivity contribution in [3.63, 3.8) is 0 Å². The fourth-order valence-corrected chi connectivity index (χ4v) is 8.69. The summed E-state index contributed by atoms with van der Waals surface area (Å²) < 4.78 is 0. The van der Waals surface area contributed by atoms with Gasteiger partial charge in [0.25, 0.3) is 0 Å².